The van der Waals surface area contributed by atoms with Crippen LogP contribution in [-0.2, 0) is 4.79 Å². The third-order valence-electron chi connectivity index (χ3n) is 3.66. The van der Waals surface area contributed by atoms with Gasteiger partial charge in [-0.25, -0.2) is 4.79 Å². The van der Waals surface area contributed by atoms with Gasteiger partial charge < -0.3 is 10.0 Å². The van der Waals surface area contributed by atoms with Crippen LogP contribution >= 0.6 is 0 Å². The first-order valence-corrected chi connectivity index (χ1v) is 6.62. The average Bonchev–Trinajstić information content (AvgIpc) is 3.27. The normalized spacial score (nSPS) is 16.1. The molecule has 1 amide bonds. The third-order valence-corrected chi connectivity index (χ3v) is 3.66. The van der Waals surface area contributed by atoms with Gasteiger partial charge in [-0.2, -0.15) is 0 Å². The fraction of sp³-hybridized carbons (Fsp3) is 0.400. The Morgan fingerprint density at radius 2 is 2.15 bits per heavy atom. The topological polar surface area (TPSA) is 70.5 Å². The van der Waals surface area contributed by atoms with Gasteiger partial charge in [-0.05, 0) is 43.4 Å². The number of nitrogens with zero attached hydrogens (tertiary/aromatic N) is 2. The summed E-state index contributed by atoms with van der Waals surface area (Å²) in [6.07, 6.45) is 7.85. The van der Waals surface area contributed by atoms with E-state index >= 15 is 0 Å². The summed E-state index contributed by atoms with van der Waals surface area (Å²) in [6.45, 7) is 2.05. The van der Waals surface area contributed by atoms with Crippen LogP contribution in [0.4, 0.5) is 0 Å². The lowest BCUT2D eigenvalue weighted by Crippen LogP contribution is -2.36. The molecule has 1 unspecified atom stereocenters. The molecule has 1 heterocycles. The molecular formula is C15H18N2O3. The Labute approximate surface area is 117 Å². The van der Waals surface area contributed by atoms with Crippen LogP contribution in [0.25, 0.3) is 6.08 Å². The van der Waals surface area contributed by atoms with Gasteiger partial charge in [-0.1, -0.05) is 0 Å². The molecule has 5 heteroatoms. The second-order valence-corrected chi connectivity index (χ2v) is 5.17. The molecule has 1 atom stereocenters. The highest BCUT2D eigenvalue weighted by Gasteiger charge is 2.32. The minimum absolute atomic E-state index is 0.0810. The number of aliphatic carboxylic acids is 1. The van der Waals surface area contributed by atoms with Crippen molar-refractivity contribution in [3.63, 3.8) is 0 Å². The smallest absolute Gasteiger partial charge is 0.328 e. The fourth-order valence-electron chi connectivity index (χ4n) is 2.12. The van der Waals surface area contributed by atoms with Crippen molar-refractivity contribution in [2.24, 2.45) is 5.92 Å². The van der Waals surface area contributed by atoms with Crippen molar-refractivity contribution in [3.05, 3.63) is 35.7 Å². The van der Waals surface area contributed by atoms with Gasteiger partial charge >= 0.3 is 5.97 Å². The van der Waals surface area contributed by atoms with E-state index in [0.29, 0.717) is 17.0 Å². The lowest BCUT2D eigenvalue weighted by atomic mass is 10.1. The van der Waals surface area contributed by atoms with E-state index in [2.05, 4.69) is 11.9 Å². The molecule has 1 aliphatic carbocycles. The molecule has 1 fully saturated rings. The van der Waals surface area contributed by atoms with Gasteiger partial charge in [0.2, 0.25) is 0 Å². The van der Waals surface area contributed by atoms with Crippen molar-refractivity contribution in [2.75, 3.05) is 7.05 Å². The maximum atomic E-state index is 12.4. The molecule has 1 aliphatic rings. The lowest BCUT2D eigenvalue weighted by molar-refractivity contribution is -0.131. The number of hydrogen-bond donors (Lipinski definition) is 1. The summed E-state index contributed by atoms with van der Waals surface area (Å²) in [6, 6.07) is 1.88. The standard InChI is InChI=1S/C15H18N2O3/c1-10(12-4-5-12)17(2)15(20)13-7-11(8-16-9-13)3-6-14(18)19/h3,6-10,12H,4-5H2,1-2H3,(H,18,19). The van der Waals surface area contributed by atoms with Crippen molar-refractivity contribution < 1.29 is 14.7 Å². The Morgan fingerprint density at radius 1 is 1.45 bits per heavy atom. The molecule has 5 nitrogen and oxygen atoms in total. The molecule has 1 aromatic rings. The Balaban J connectivity index is 2.13. The highest BCUT2D eigenvalue weighted by atomic mass is 16.4. The van der Waals surface area contributed by atoms with Crippen molar-refractivity contribution in [1.29, 1.82) is 0 Å². The second kappa shape index (κ2) is 5.86. The molecule has 20 heavy (non-hydrogen) atoms. The molecule has 0 saturated heterocycles. The minimum Gasteiger partial charge on any atom is -0.478 e. The van der Waals surface area contributed by atoms with Crippen molar-refractivity contribution in [2.45, 2.75) is 25.8 Å². The molecule has 0 radical (unpaired) electrons. The molecule has 106 valence electrons. The van der Waals surface area contributed by atoms with E-state index in [0.717, 1.165) is 6.08 Å². The largest absolute Gasteiger partial charge is 0.478 e. The number of amides is 1. The molecule has 0 aromatic carbocycles. The van der Waals surface area contributed by atoms with E-state index in [1.54, 1.807) is 18.0 Å². The third kappa shape index (κ3) is 3.44. The van der Waals surface area contributed by atoms with E-state index in [1.165, 1.54) is 31.3 Å². The average molecular weight is 274 g/mol. The van der Waals surface area contributed by atoms with Crippen LogP contribution in [0, 0.1) is 5.92 Å². The van der Waals surface area contributed by atoms with Crippen LogP contribution in [0.3, 0.4) is 0 Å². The molecule has 1 aromatic heterocycles. The van der Waals surface area contributed by atoms with E-state index in [1.807, 2.05) is 0 Å². The summed E-state index contributed by atoms with van der Waals surface area (Å²) in [5.74, 6) is -0.504. The fourth-order valence-corrected chi connectivity index (χ4v) is 2.12. The van der Waals surface area contributed by atoms with Gasteiger partial charge in [-0.15, -0.1) is 0 Å². The highest BCUT2D eigenvalue weighted by Crippen LogP contribution is 2.35. The van der Waals surface area contributed by atoms with E-state index in [-0.39, 0.29) is 11.9 Å². The molecule has 1 N–H and O–H groups in total. The van der Waals surface area contributed by atoms with E-state index < -0.39 is 5.97 Å². The van der Waals surface area contributed by atoms with Crippen LogP contribution in [-0.4, -0.2) is 40.0 Å². The van der Waals surface area contributed by atoms with Crippen LogP contribution in [0.2, 0.25) is 0 Å². The van der Waals surface area contributed by atoms with Gasteiger partial charge in [0.25, 0.3) is 5.91 Å². The summed E-state index contributed by atoms with van der Waals surface area (Å²) in [7, 11) is 1.80. The molecule has 0 aliphatic heterocycles. The first-order valence-electron chi connectivity index (χ1n) is 6.62. The summed E-state index contributed by atoms with van der Waals surface area (Å²) >= 11 is 0. The molecule has 1 saturated carbocycles. The van der Waals surface area contributed by atoms with Crippen molar-refractivity contribution >= 4 is 18.0 Å². The SMILES string of the molecule is CC(C1CC1)N(C)C(=O)c1cncc(C=CC(=O)O)c1. The van der Waals surface area contributed by atoms with Crippen LogP contribution in [0.1, 0.15) is 35.7 Å². The quantitative estimate of drug-likeness (QED) is 0.834. The Bertz CT molecular complexity index is 550. The van der Waals surface area contributed by atoms with Crippen molar-refractivity contribution in [3.8, 4) is 0 Å². The maximum absolute atomic E-state index is 12.4. The molecule has 2 rings (SSSR count). The molecular weight excluding hydrogens is 256 g/mol. The Kier molecular flexibility index (Phi) is 4.17. The number of carboxylic acids is 1. The van der Waals surface area contributed by atoms with Crippen LogP contribution < -0.4 is 0 Å². The Morgan fingerprint density at radius 3 is 2.75 bits per heavy atom. The summed E-state index contributed by atoms with van der Waals surface area (Å²) in [5, 5.41) is 8.60. The number of carboxylic acid groups (broad SMARTS) is 1. The highest BCUT2D eigenvalue weighted by molar-refractivity contribution is 5.94. The predicted octanol–water partition coefficient (Wildman–Crippen LogP) is 2.05. The van der Waals surface area contributed by atoms with Crippen LogP contribution in [0.15, 0.2) is 24.5 Å². The van der Waals surface area contributed by atoms with Gasteiger partial charge in [-0.3, -0.25) is 9.78 Å². The number of carbonyl (C=O) groups excluding carboxylic acids is 1. The van der Waals surface area contributed by atoms with E-state index in [9.17, 15) is 9.59 Å². The summed E-state index contributed by atoms with van der Waals surface area (Å²) < 4.78 is 0. The molecule has 0 bridgehead atoms. The number of rotatable bonds is 5. The lowest BCUT2D eigenvalue weighted by Gasteiger charge is -2.24. The number of carbonyl (C=O) groups is 2. The molecule has 0 spiro atoms. The van der Waals surface area contributed by atoms with Crippen LogP contribution in [0.5, 0.6) is 0 Å². The van der Waals surface area contributed by atoms with E-state index in [4.69, 9.17) is 5.11 Å². The predicted molar refractivity (Wildman–Crippen MR) is 75.2 cm³/mol. The number of pyridine rings is 1. The maximum Gasteiger partial charge on any atom is 0.328 e. The zero-order valence-electron chi connectivity index (χ0n) is 11.6. The number of aromatic nitrogens is 1. The van der Waals surface area contributed by atoms with Crippen molar-refractivity contribution in [1.82, 2.24) is 9.88 Å². The first-order chi connectivity index (χ1) is 9.49. The zero-order valence-corrected chi connectivity index (χ0v) is 11.6. The zero-order chi connectivity index (χ0) is 14.7. The summed E-state index contributed by atoms with van der Waals surface area (Å²) in [4.78, 5) is 28.6. The Hall–Kier alpha value is -2.17. The van der Waals surface area contributed by atoms with Gasteiger partial charge in [0.15, 0.2) is 0 Å². The van der Waals surface area contributed by atoms with Gasteiger partial charge in [0.05, 0.1) is 5.56 Å². The first kappa shape index (κ1) is 14.2. The van der Waals surface area contributed by atoms with Gasteiger partial charge in [0.1, 0.15) is 0 Å². The monoisotopic (exact) mass is 274 g/mol. The number of hydrogen-bond acceptors (Lipinski definition) is 3. The summed E-state index contributed by atoms with van der Waals surface area (Å²) in [5.41, 5.74) is 1.08. The minimum atomic E-state index is -1.03. The second-order valence-electron chi connectivity index (χ2n) is 5.17. The van der Waals surface area contributed by atoms with Gasteiger partial charge in [0, 0.05) is 31.6 Å².